The van der Waals surface area contributed by atoms with Crippen LogP contribution in [-0.2, 0) is 6.54 Å². The van der Waals surface area contributed by atoms with Crippen molar-refractivity contribution in [3.63, 3.8) is 0 Å². The van der Waals surface area contributed by atoms with Crippen molar-refractivity contribution in [3.05, 3.63) is 53.1 Å². The van der Waals surface area contributed by atoms with Gasteiger partial charge in [0.1, 0.15) is 5.75 Å². The molecule has 3 nitrogen and oxygen atoms in total. The standard InChI is InChI=1S/C17H21ClN2O/c1-4-19-12-13-7-5-10-16(18)17(13)20(2)14-8-6-9-15(11-14)21-3/h5-11,19H,4,12H2,1-3H3. The van der Waals surface area contributed by atoms with Crippen LogP contribution in [0, 0.1) is 0 Å². The van der Waals surface area contributed by atoms with E-state index >= 15 is 0 Å². The Morgan fingerprint density at radius 2 is 1.95 bits per heavy atom. The molecule has 0 aliphatic carbocycles. The van der Waals surface area contributed by atoms with Gasteiger partial charge in [-0.3, -0.25) is 0 Å². The van der Waals surface area contributed by atoms with Gasteiger partial charge in [0.15, 0.2) is 0 Å². The van der Waals surface area contributed by atoms with Crippen molar-refractivity contribution in [1.82, 2.24) is 5.32 Å². The summed E-state index contributed by atoms with van der Waals surface area (Å²) in [6.45, 7) is 3.81. The Balaban J connectivity index is 2.39. The minimum Gasteiger partial charge on any atom is -0.497 e. The summed E-state index contributed by atoms with van der Waals surface area (Å²) < 4.78 is 5.29. The summed E-state index contributed by atoms with van der Waals surface area (Å²) in [5, 5.41) is 4.10. The second-order valence-corrected chi connectivity index (χ2v) is 5.20. The fourth-order valence-electron chi connectivity index (χ4n) is 2.29. The topological polar surface area (TPSA) is 24.5 Å². The van der Waals surface area contributed by atoms with E-state index < -0.39 is 0 Å². The number of methoxy groups -OCH3 is 1. The lowest BCUT2D eigenvalue weighted by Gasteiger charge is -2.24. The van der Waals surface area contributed by atoms with E-state index in [1.165, 1.54) is 5.56 Å². The Labute approximate surface area is 131 Å². The van der Waals surface area contributed by atoms with Crippen LogP contribution >= 0.6 is 11.6 Å². The molecule has 0 unspecified atom stereocenters. The molecule has 0 spiro atoms. The molecule has 2 aromatic rings. The van der Waals surface area contributed by atoms with Gasteiger partial charge in [-0.15, -0.1) is 0 Å². The summed E-state index contributed by atoms with van der Waals surface area (Å²) in [6.07, 6.45) is 0. The maximum Gasteiger partial charge on any atom is 0.120 e. The Kier molecular flexibility index (Phi) is 5.48. The summed E-state index contributed by atoms with van der Waals surface area (Å²) in [6, 6.07) is 14.0. The first-order valence-corrected chi connectivity index (χ1v) is 7.41. The van der Waals surface area contributed by atoms with Crippen molar-refractivity contribution in [2.45, 2.75) is 13.5 Å². The zero-order chi connectivity index (χ0) is 15.2. The second kappa shape index (κ2) is 7.34. The van der Waals surface area contributed by atoms with E-state index in [4.69, 9.17) is 16.3 Å². The van der Waals surface area contributed by atoms with Gasteiger partial charge < -0.3 is 15.0 Å². The lowest BCUT2D eigenvalue weighted by atomic mass is 10.1. The van der Waals surface area contributed by atoms with Crippen molar-refractivity contribution in [3.8, 4) is 5.75 Å². The highest BCUT2D eigenvalue weighted by Crippen LogP contribution is 2.35. The molecule has 0 amide bonds. The van der Waals surface area contributed by atoms with Gasteiger partial charge >= 0.3 is 0 Å². The molecule has 0 saturated heterocycles. The normalized spacial score (nSPS) is 10.5. The van der Waals surface area contributed by atoms with E-state index in [-0.39, 0.29) is 0 Å². The van der Waals surface area contributed by atoms with Gasteiger partial charge in [-0.1, -0.05) is 36.7 Å². The number of hydrogen-bond acceptors (Lipinski definition) is 3. The molecule has 0 heterocycles. The molecule has 0 fully saturated rings. The molecule has 112 valence electrons. The lowest BCUT2D eigenvalue weighted by molar-refractivity contribution is 0.415. The van der Waals surface area contributed by atoms with Crippen LogP contribution < -0.4 is 15.0 Å². The molecular weight excluding hydrogens is 284 g/mol. The Morgan fingerprint density at radius 3 is 2.67 bits per heavy atom. The molecule has 0 bridgehead atoms. The summed E-state index contributed by atoms with van der Waals surface area (Å²) in [5.41, 5.74) is 3.24. The number of nitrogens with zero attached hydrogens (tertiary/aromatic N) is 1. The van der Waals surface area contributed by atoms with E-state index in [0.717, 1.165) is 35.2 Å². The average Bonchev–Trinajstić information content (AvgIpc) is 2.52. The first-order valence-electron chi connectivity index (χ1n) is 7.03. The van der Waals surface area contributed by atoms with Crippen LogP contribution in [0.15, 0.2) is 42.5 Å². The van der Waals surface area contributed by atoms with Crippen molar-refractivity contribution in [2.24, 2.45) is 0 Å². The number of nitrogens with one attached hydrogen (secondary N) is 1. The Hall–Kier alpha value is -1.71. The molecule has 0 aliphatic rings. The van der Waals surface area contributed by atoms with Crippen LogP contribution in [0.5, 0.6) is 5.75 Å². The predicted octanol–water partition coefficient (Wildman–Crippen LogP) is 4.23. The van der Waals surface area contributed by atoms with Gasteiger partial charge in [0.05, 0.1) is 17.8 Å². The molecule has 21 heavy (non-hydrogen) atoms. The number of halogens is 1. The van der Waals surface area contributed by atoms with Crippen molar-refractivity contribution < 1.29 is 4.74 Å². The number of rotatable bonds is 6. The van der Waals surface area contributed by atoms with Crippen LogP contribution in [0.2, 0.25) is 5.02 Å². The first kappa shape index (κ1) is 15.7. The van der Waals surface area contributed by atoms with E-state index in [2.05, 4.69) is 23.2 Å². The van der Waals surface area contributed by atoms with Crippen LogP contribution in [0.3, 0.4) is 0 Å². The molecule has 0 atom stereocenters. The minimum absolute atomic E-state index is 0.746. The lowest BCUT2D eigenvalue weighted by Crippen LogP contribution is -2.17. The monoisotopic (exact) mass is 304 g/mol. The van der Waals surface area contributed by atoms with E-state index in [9.17, 15) is 0 Å². The number of ether oxygens (including phenoxy) is 1. The van der Waals surface area contributed by atoms with E-state index in [0.29, 0.717) is 0 Å². The SMILES string of the molecule is CCNCc1cccc(Cl)c1N(C)c1cccc(OC)c1. The van der Waals surface area contributed by atoms with Gasteiger partial charge in [0.25, 0.3) is 0 Å². The zero-order valence-electron chi connectivity index (χ0n) is 12.7. The maximum atomic E-state index is 6.43. The van der Waals surface area contributed by atoms with Gasteiger partial charge in [-0.25, -0.2) is 0 Å². The summed E-state index contributed by atoms with van der Waals surface area (Å²) >= 11 is 6.43. The highest BCUT2D eigenvalue weighted by atomic mass is 35.5. The first-order chi connectivity index (χ1) is 10.2. The highest BCUT2D eigenvalue weighted by molar-refractivity contribution is 6.33. The van der Waals surface area contributed by atoms with Crippen molar-refractivity contribution in [2.75, 3.05) is 25.6 Å². The van der Waals surface area contributed by atoms with Crippen molar-refractivity contribution >= 4 is 23.0 Å². The molecule has 0 aromatic heterocycles. The van der Waals surface area contributed by atoms with Gasteiger partial charge in [-0.05, 0) is 30.3 Å². The molecule has 1 N–H and O–H groups in total. The fourth-order valence-corrected chi connectivity index (χ4v) is 2.61. The quantitative estimate of drug-likeness (QED) is 0.864. The molecular formula is C17H21ClN2O. The molecule has 0 aliphatic heterocycles. The summed E-state index contributed by atoms with van der Waals surface area (Å²) in [4.78, 5) is 2.09. The summed E-state index contributed by atoms with van der Waals surface area (Å²) in [7, 11) is 3.69. The van der Waals surface area contributed by atoms with Gasteiger partial charge in [-0.2, -0.15) is 0 Å². The number of anilines is 2. The third kappa shape index (κ3) is 3.69. The largest absolute Gasteiger partial charge is 0.497 e. The molecule has 2 aromatic carbocycles. The van der Waals surface area contributed by atoms with Gasteiger partial charge in [0, 0.05) is 25.3 Å². The Morgan fingerprint density at radius 1 is 1.19 bits per heavy atom. The van der Waals surface area contributed by atoms with E-state index in [1.54, 1.807) is 7.11 Å². The van der Waals surface area contributed by atoms with E-state index in [1.807, 2.05) is 43.4 Å². The Bertz CT molecular complexity index is 601. The molecule has 2 rings (SSSR count). The predicted molar refractivity (Wildman–Crippen MR) is 89.9 cm³/mol. The number of hydrogen-bond donors (Lipinski definition) is 1. The minimum atomic E-state index is 0.746. The van der Waals surface area contributed by atoms with Gasteiger partial charge in [0.2, 0.25) is 0 Å². The third-order valence-electron chi connectivity index (χ3n) is 3.41. The molecule has 0 saturated carbocycles. The smallest absolute Gasteiger partial charge is 0.120 e. The van der Waals surface area contributed by atoms with Crippen LogP contribution in [0.1, 0.15) is 12.5 Å². The average molecular weight is 305 g/mol. The van der Waals surface area contributed by atoms with Crippen molar-refractivity contribution in [1.29, 1.82) is 0 Å². The van der Waals surface area contributed by atoms with Crippen LogP contribution in [0.25, 0.3) is 0 Å². The number of para-hydroxylation sites is 1. The summed E-state index contributed by atoms with van der Waals surface area (Å²) in [5.74, 6) is 0.833. The maximum absolute atomic E-state index is 6.43. The molecule has 0 radical (unpaired) electrons. The third-order valence-corrected chi connectivity index (χ3v) is 3.72. The number of benzene rings is 2. The highest BCUT2D eigenvalue weighted by Gasteiger charge is 2.13. The second-order valence-electron chi connectivity index (χ2n) is 4.79. The zero-order valence-corrected chi connectivity index (χ0v) is 13.4. The van der Waals surface area contributed by atoms with Crippen LogP contribution in [-0.4, -0.2) is 20.7 Å². The molecule has 4 heteroatoms. The van der Waals surface area contributed by atoms with Crippen LogP contribution in [0.4, 0.5) is 11.4 Å². The fraction of sp³-hybridized carbons (Fsp3) is 0.294.